The lowest BCUT2D eigenvalue weighted by Crippen LogP contribution is -2.34. The van der Waals surface area contributed by atoms with Gasteiger partial charge in [-0.2, -0.15) is 5.10 Å². The molecule has 4 rings (SSSR count). The zero-order valence-electron chi connectivity index (χ0n) is 18.5. The number of amides is 1. The Labute approximate surface area is 194 Å². The summed E-state index contributed by atoms with van der Waals surface area (Å²) in [5.41, 5.74) is 2.65. The first kappa shape index (κ1) is 22.4. The van der Waals surface area contributed by atoms with Gasteiger partial charge in [-0.15, -0.1) is 0 Å². The molecule has 0 saturated carbocycles. The minimum Gasteiger partial charge on any atom is -0.492 e. The number of nitrogens with zero attached hydrogens (tertiary/aromatic N) is 5. The SMILES string of the molecule is CCOc1cccc2sc(N(CCn3nc(C)cc3C)C(=O)c3cccc([N+](=O)[O-])c3)nc12. The molecule has 4 aromatic rings. The minimum absolute atomic E-state index is 0.137. The van der Waals surface area contributed by atoms with Gasteiger partial charge < -0.3 is 4.74 Å². The van der Waals surface area contributed by atoms with Gasteiger partial charge in [-0.05, 0) is 45.0 Å². The number of carbonyl (C=O) groups is 1. The molecule has 2 heterocycles. The molecule has 0 N–H and O–H groups in total. The van der Waals surface area contributed by atoms with Gasteiger partial charge in [0.25, 0.3) is 11.6 Å². The van der Waals surface area contributed by atoms with Crippen LogP contribution >= 0.6 is 11.3 Å². The summed E-state index contributed by atoms with van der Waals surface area (Å²) in [4.78, 5) is 30.5. The molecular weight excluding hydrogens is 442 g/mol. The molecule has 0 aliphatic rings. The highest BCUT2D eigenvalue weighted by Crippen LogP contribution is 2.35. The van der Waals surface area contributed by atoms with Crippen molar-refractivity contribution in [2.45, 2.75) is 27.3 Å². The number of anilines is 1. The maximum absolute atomic E-state index is 13.5. The number of nitro groups is 1. The highest BCUT2D eigenvalue weighted by molar-refractivity contribution is 7.22. The number of thiazole rings is 1. The van der Waals surface area contributed by atoms with Crippen LogP contribution in [0, 0.1) is 24.0 Å². The summed E-state index contributed by atoms with van der Waals surface area (Å²) in [6, 6.07) is 13.4. The first-order chi connectivity index (χ1) is 15.9. The molecule has 0 radical (unpaired) electrons. The quantitative estimate of drug-likeness (QED) is 0.274. The average Bonchev–Trinajstić information content (AvgIpc) is 3.37. The fourth-order valence-corrected chi connectivity index (χ4v) is 4.59. The first-order valence-electron chi connectivity index (χ1n) is 10.5. The van der Waals surface area contributed by atoms with Gasteiger partial charge in [0.15, 0.2) is 5.13 Å². The van der Waals surface area contributed by atoms with E-state index in [0.717, 1.165) is 16.1 Å². The van der Waals surface area contributed by atoms with Gasteiger partial charge in [0.2, 0.25) is 0 Å². The molecular formula is C23H23N5O4S. The van der Waals surface area contributed by atoms with Crippen LogP contribution in [0.2, 0.25) is 0 Å². The Bertz CT molecular complexity index is 1330. The highest BCUT2D eigenvalue weighted by atomic mass is 32.1. The van der Waals surface area contributed by atoms with E-state index < -0.39 is 4.92 Å². The third kappa shape index (κ3) is 4.70. The second-order valence-electron chi connectivity index (χ2n) is 7.45. The monoisotopic (exact) mass is 465 g/mol. The van der Waals surface area contributed by atoms with Crippen molar-refractivity contribution >= 4 is 38.3 Å². The summed E-state index contributed by atoms with van der Waals surface area (Å²) in [7, 11) is 0. The maximum Gasteiger partial charge on any atom is 0.270 e. The van der Waals surface area contributed by atoms with E-state index in [-0.39, 0.29) is 17.2 Å². The Morgan fingerprint density at radius 1 is 1.21 bits per heavy atom. The number of ether oxygens (including phenoxy) is 1. The lowest BCUT2D eigenvalue weighted by molar-refractivity contribution is -0.384. The molecule has 2 aromatic heterocycles. The van der Waals surface area contributed by atoms with Crippen molar-refractivity contribution in [2.24, 2.45) is 0 Å². The number of nitro benzene ring substituents is 1. The van der Waals surface area contributed by atoms with Crippen molar-refractivity contribution in [3.05, 3.63) is 75.6 Å². The number of non-ortho nitro benzene ring substituents is 1. The van der Waals surface area contributed by atoms with Crippen molar-refractivity contribution in [1.82, 2.24) is 14.8 Å². The van der Waals surface area contributed by atoms with E-state index in [1.165, 1.54) is 29.5 Å². The first-order valence-corrected chi connectivity index (χ1v) is 11.3. The molecule has 2 aromatic carbocycles. The fourth-order valence-electron chi connectivity index (χ4n) is 3.59. The smallest absolute Gasteiger partial charge is 0.270 e. The normalized spacial score (nSPS) is 11.0. The molecule has 0 bridgehead atoms. The van der Waals surface area contributed by atoms with Crippen molar-refractivity contribution in [2.75, 3.05) is 18.1 Å². The lowest BCUT2D eigenvalue weighted by Gasteiger charge is -2.20. The zero-order chi connectivity index (χ0) is 23.5. The number of carbonyl (C=O) groups excluding carboxylic acids is 1. The zero-order valence-corrected chi connectivity index (χ0v) is 19.3. The van der Waals surface area contributed by atoms with E-state index in [4.69, 9.17) is 9.72 Å². The number of hydrogen-bond acceptors (Lipinski definition) is 7. The van der Waals surface area contributed by atoms with Crippen molar-refractivity contribution in [3.63, 3.8) is 0 Å². The molecule has 0 atom stereocenters. The van der Waals surface area contributed by atoms with Gasteiger partial charge in [-0.25, -0.2) is 4.98 Å². The van der Waals surface area contributed by atoms with Crippen LogP contribution in [0.3, 0.4) is 0 Å². The molecule has 0 spiro atoms. The Balaban J connectivity index is 1.74. The van der Waals surface area contributed by atoms with Crippen LogP contribution in [0.4, 0.5) is 10.8 Å². The summed E-state index contributed by atoms with van der Waals surface area (Å²) in [5.74, 6) is 0.288. The number of benzene rings is 2. The van der Waals surface area contributed by atoms with E-state index in [9.17, 15) is 14.9 Å². The molecule has 0 saturated heterocycles. The van der Waals surface area contributed by atoms with E-state index in [1.807, 2.05) is 49.7 Å². The molecule has 0 fully saturated rings. The van der Waals surface area contributed by atoms with Crippen LogP contribution < -0.4 is 9.64 Å². The van der Waals surface area contributed by atoms with E-state index in [1.54, 1.807) is 11.0 Å². The fraction of sp³-hybridized carbons (Fsp3) is 0.261. The Hall–Kier alpha value is -3.79. The van der Waals surface area contributed by atoms with E-state index in [2.05, 4.69) is 5.10 Å². The lowest BCUT2D eigenvalue weighted by atomic mass is 10.2. The number of fused-ring (bicyclic) bond motifs is 1. The molecule has 10 heteroatoms. The third-order valence-corrected chi connectivity index (χ3v) is 6.13. The topological polar surface area (TPSA) is 103 Å². The second kappa shape index (κ2) is 9.37. The van der Waals surface area contributed by atoms with E-state index >= 15 is 0 Å². The maximum atomic E-state index is 13.5. The number of rotatable bonds is 8. The molecule has 170 valence electrons. The number of para-hydroxylation sites is 1. The third-order valence-electron chi connectivity index (χ3n) is 5.09. The number of aromatic nitrogens is 3. The highest BCUT2D eigenvalue weighted by Gasteiger charge is 2.24. The van der Waals surface area contributed by atoms with Crippen LogP contribution in [0.5, 0.6) is 5.75 Å². The standard InChI is InChI=1S/C23H23N5O4S/c1-4-32-19-9-6-10-20-21(19)24-23(33-20)26(11-12-27-16(3)13-15(2)25-27)22(29)17-7-5-8-18(14-17)28(30)31/h5-10,13-14H,4,11-12H2,1-3H3. The Morgan fingerprint density at radius 2 is 2.00 bits per heavy atom. The Morgan fingerprint density at radius 3 is 2.70 bits per heavy atom. The number of hydrogen-bond donors (Lipinski definition) is 0. The molecule has 0 unspecified atom stereocenters. The van der Waals surface area contributed by atoms with Gasteiger partial charge in [-0.3, -0.25) is 24.5 Å². The van der Waals surface area contributed by atoms with E-state index in [0.29, 0.717) is 36.1 Å². The summed E-state index contributed by atoms with van der Waals surface area (Å²) in [6.45, 7) is 7.03. The van der Waals surface area contributed by atoms with Crippen molar-refractivity contribution in [1.29, 1.82) is 0 Å². The summed E-state index contributed by atoms with van der Waals surface area (Å²) in [6.07, 6.45) is 0. The van der Waals surface area contributed by atoms with Crippen LogP contribution in [0.15, 0.2) is 48.5 Å². The average molecular weight is 466 g/mol. The second-order valence-corrected chi connectivity index (χ2v) is 8.46. The molecule has 0 aliphatic carbocycles. The van der Waals surface area contributed by atoms with Gasteiger partial charge in [-0.1, -0.05) is 23.5 Å². The van der Waals surface area contributed by atoms with Crippen molar-refractivity contribution in [3.8, 4) is 5.75 Å². The predicted molar refractivity (Wildman–Crippen MR) is 127 cm³/mol. The molecule has 9 nitrogen and oxygen atoms in total. The molecule has 33 heavy (non-hydrogen) atoms. The van der Waals surface area contributed by atoms with Crippen molar-refractivity contribution < 1.29 is 14.5 Å². The Kier molecular flexibility index (Phi) is 6.36. The predicted octanol–water partition coefficient (Wildman–Crippen LogP) is 4.76. The van der Waals surface area contributed by atoms with Gasteiger partial charge >= 0.3 is 0 Å². The molecule has 0 aliphatic heterocycles. The van der Waals surface area contributed by atoms with Gasteiger partial charge in [0, 0.05) is 29.9 Å². The summed E-state index contributed by atoms with van der Waals surface area (Å²) < 4.78 is 8.42. The summed E-state index contributed by atoms with van der Waals surface area (Å²) in [5, 5.41) is 16.2. The van der Waals surface area contributed by atoms with Gasteiger partial charge in [0.05, 0.1) is 28.5 Å². The largest absolute Gasteiger partial charge is 0.492 e. The van der Waals surface area contributed by atoms with Gasteiger partial charge in [0.1, 0.15) is 11.3 Å². The minimum atomic E-state index is -0.511. The molecule has 1 amide bonds. The van der Waals surface area contributed by atoms with Crippen LogP contribution in [0.25, 0.3) is 10.2 Å². The van der Waals surface area contributed by atoms with Crippen LogP contribution in [-0.4, -0.2) is 38.7 Å². The van der Waals surface area contributed by atoms with Crippen LogP contribution in [0.1, 0.15) is 28.7 Å². The van der Waals surface area contributed by atoms with Crippen LogP contribution in [-0.2, 0) is 6.54 Å². The summed E-state index contributed by atoms with van der Waals surface area (Å²) >= 11 is 1.37. The number of aryl methyl sites for hydroxylation is 2.